The molecular weight excluding hydrogens is 336 g/mol. The molecule has 0 aliphatic carbocycles. The number of phenolic OH excluding ortho intramolecular Hbond substituents is 1. The highest BCUT2D eigenvalue weighted by atomic mass is 35.5. The summed E-state index contributed by atoms with van der Waals surface area (Å²) in [7, 11) is 0. The number of Topliss-reactive ketones (excluding diaryl/α,β-unsaturated/α-hetero) is 1. The molecule has 1 aliphatic rings. The van der Waals surface area contributed by atoms with Crippen molar-refractivity contribution in [2.45, 2.75) is 6.42 Å². The second kappa shape index (κ2) is 8.48. The molecule has 0 spiro atoms. The molecule has 1 N–H and O–H groups in total. The molecule has 0 bridgehead atoms. The number of para-hydroxylation sites is 1. The van der Waals surface area contributed by atoms with Crippen molar-refractivity contribution in [1.82, 2.24) is 9.80 Å². The fourth-order valence-electron chi connectivity index (χ4n) is 3.10. The molecule has 2 aromatic carbocycles. The maximum Gasteiger partial charge on any atom is 0.176 e. The lowest BCUT2D eigenvalue weighted by Crippen LogP contribution is -2.48. The van der Waals surface area contributed by atoms with Crippen LogP contribution in [0.5, 0.6) is 5.75 Å². The van der Waals surface area contributed by atoms with Crippen LogP contribution in [-0.2, 0) is 6.42 Å². The van der Waals surface area contributed by atoms with Gasteiger partial charge in [0.2, 0.25) is 0 Å². The van der Waals surface area contributed by atoms with E-state index in [4.69, 9.17) is 11.6 Å². The number of halogens is 1. The number of piperazine rings is 1. The van der Waals surface area contributed by atoms with Crippen LogP contribution in [0.25, 0.3) is 0 Å². The highest BCUT2D eigenvalue weighted by Gasteiger charge is 2.19. The molecule has 0 aromatic heterocycles. The van der Waals surface area contributed by atoms with Crippen molar-refractivity contribution >= 4 is 17.4 Å². The van der Waals surface area contributed by atoms with E-state index in [1.807, 2.05) is 18.2 Å². The lowest BCUT2D eigenvalue weighted by atomic mass is 10.1. The Kier molecular flexibility index (Phi) is 6.08. The van der Waals surface area contributed by atoms with Crippen LogP contribution < -0.4 is 0 Å². The standard InChI is InChI=1S/C20H23ClN2O2/c21-18-7-5-17(6-8-18)20(25)15-23-13-11-22(12-14-23)10-9-16-3-1-2-4-19(16)24/h1-8,24H,9-15H2. The Morgan fingerprint density at radius 2 is 1.60 bits per heavy atom. The van der Waals surface area contributed by atoms with Crippen molar-refractivity contribution in [2.75, 3.05) is 39.3 Å². The first-order valence-corrected chi connectivity index (χ1v) is 9.00. The zero-order chi connectivity index (χ0) is 17.6. The Morgan fingerprint density at radius 3 is 2.28 bits per heavy atom. The van der Waals surface area contributed by atoms with Gasteiger partial charge in [-0.15, -0.1) is 0 Å². The van der Waals surface area contributed by atoms with Gasteiger partial charge < -0.3 is 10.0 Å². The quantitative estimate of drug-likeness (QED) is 0.806. The number of benzene rings is 2. The van der Waals surface area contributed by atoms with Gasteiger partial charge in [0.15, 0.2) is 5.78 Å². The van der Waals surface area contributed by atoms with Gasteiger partial charge in [-0.25, -0.2) is 0 Å². The average Bonchev–Trinajstić information content (AvgIpc) is 2.63. The van der Waals surface area contributed by atoms with Crippen molar-refractivity contribution in [2.24, 2.45) is 0 Å². The van der Waals surface area contributed by atoms with Crippen molar-refractivity contribution in [1.29, 1.82) is 0 Å². The molecule has 2 aromatic rings. The molecule has 1 saturated heterocycles. The maximum atomic E-state index is 12.3. The number of aromatic hydroxyl groups is 1. The predicted octanol–water partition coefficient (Wildman–Crippen LogP) is 3.09. The number of hydrogen-bond donors (Lipinski definition) is 1. The highest BCUT2D eigenvalue weighted by molar-refractivity contribution is 6.30. The molecule has 5 heteroatoms. The third-order valence-corrected chi connectivity index (χ3v) is 4.94. The topological polar surface area (TPSA) is 43.8 Å². The van der Waals surface area contributed by atoms with Gasteiger partial charge in [-0.05, 0) is 42.3 Å². The van der Waals surface area contributed by atoms with Crippen LogP contribution >= 0.6 is 11.6 Å². The average molecular weight is 359 g/mol. The first kappa shape index (κ1) is 17.9. The van der Waals surface area contributed by atoms with Crippen LogP contribution in [-0.4, -0.2) is 60.0 Å². The summed E-state index contributed by atoms with van der Waals surface area (Å²) < 4.78 is 0. The number of carbonyl (C=O) groups is 1. The van der Waals surface area contributed by atoms with Gasteiger partial charge in [0, 0.05) is 43.3 Å². The predicted molar refractivity (Wildman–Crippen MR) is 100 cm³/mol. The normalized spacial score (nSPS) is 16.0. The fraction of sp³-hybridized carbons (Fsp3) is 0.350. The number of hydrogen-bond acceptors (Lipinski definition) is 4. The molecule has 1 heterocycles. The van der Waals surface area contributed by atoms with Crippen LogP contribution in [0.3, 0.4) is 0 Å². The van der Waals surface area contributed by atoms with Crippen molar-refractivity contribution in [3.63, 3.8) is 0 Å². The van der Waals surface area contributed by atoms with Gasteiger partial charge in [-0.3, -0.25) is 9.69 Å². The molecule has 25 heavy (non-hydrogen) atoms. The summed E-state index contributed by atoms with van der Waals surface area (Å²) in [4.78, 5) is 16.9. The van der Waals surface area contributed by atoms with E-state index < -0.39 is 0 Å². The summed E-state index contributed by atoms with van der Waals surface area (Å²) in [6.45, 7) is 5.05. The monoisotopic (exact) mass is 358 g/mol. The van der Waals surface area contributed by atoms with Gasteiger partial charge in [-0.1, -0.05) is 29.8 Å². The SMILES string of the molecule is O=C(CN1CCN(CCc2ccccc2O)CC1)c1ccc(Cl)cc1. The smallest absolute Gasteiger partial charge is 0.176 e. The van der Waals surface area contributed by atoms with E-state index in [0.29, 0.717) is 22.9 Å². The Balaban J connectivity index is 1.43. The van der Waals surface area contributed by atoms with Gasteiger partial charge in [0.05, 0.1) is 6.54 Å². The molecule has 4 nitrogen and oxygen atoms in total. The fourth-order valence-corrected chi connectivity index (χ4v) is 3.23. The van der Waals surface area contributed by atoms with Crippen LogP contribution in [0.2, 0.25) is 5.02 Å². The summed E-state index contributed by atoms with van der Waals surface area (Å²) in [5, 5.41) is 10.5. The molecule has 0 radical (unpaired) electrons. The Hall–Kier alpha value is -1.88. The molecule has 1 fully saturated rings. The number of ketones is 1. The molecule has 132 valence electrons. The number of nitrogens with zero attached hydrogens (tertiary/aromatic N) is 2. The summed E-state index contributed by atoms with van der Waals surface area (Å²) in [6, 6.07) is 14.6. The first-order chi connectivity index (χ1) is 12.1. The lowest BCUT2D eigenvalue weighted by Gasteiger charge is -2.34. The highest BCUT2D eigenvalue weighted by Crippen LogP contribution is 2.17. The second-order valence-corrected chi connectivity index (χ2v) is 6.86. The van der Waals surface area contributed by atoms with Crippen LogP contribution in [0, 0.1) is 0 Å². The van der Waals surface area contributed by atoms with E-state index in [9.17, 15) is 9.90 Å². The first-order valence-electron chi connectivity index (χ1n) is 8.62. The summed E-state index contributed by atoms with van der Waals surface area (Å²) in [6.07, 6.45) is 0.844. The Bertz CT molecular complexity index is 710. The number of carbonyl (C=O) groups excluding carboxylic acids is 1. The molecule has 1 aliphatic heterocycles. The molecule has 3 rings (SSSR count). The zero-order valence-corrected chi connectivity index (χ0v) is 15.0. The maximum absolute atomic E-state index is 12.3. The zero-order valence-electron chi connectivity index (χ0n) is 14.2. The van der Waals surface area contributed by atoms with Crippen molar-refractivity contribution in [3.8, 4) is 5.75 Å². The molecule has 0 saturated carbocycles. The van der Waals surface area contributed by atoms with E-state index in [2.05, 4.69) is 9.80 Å². The van der Waals surface area contributed by atoms with E-state index >= 15 is 0 Å². The van der Waals surface area contributed by atoms with Crippen LogP contribution in [0.1, 0.15) is 15.9 Å². The minimum atomic E-state index is 0.138. The van der Waals surface area contributed by atoms with Gasteiger partial charge >= 0.3 is 0 Å². The summed E-state index contributed by atoms with van der Waals surface area (Å²) >= 11 is 5.87. The van der Waals surface area contributed by atoms with Crippen LogP contribution in [0.4, 0.5) is 0 Å². The van der Waals surface area contributed by atoms with Crippen molar-refractivity contribution < 1.29 is 9.90 Å². The molecule has 0 amide bonds. The number of phenols is 1. The minimum absolute atomic E-state index is 0.138. The largest absolute Gasteiger partial charge is 0.508 e. The second-order valence-electron chi connectivity index (χ2n) is 6.43. The van der Waals surface area contributed by atoms with Gasteiger partial charge in [0.25, 0.3) is 0 Å². The Labute approximate surface area is 153 Å². The number of rotatable bonds is 6. The van der Waals surface area contributed by atoms with E-state index in [-0.39, 0.29) is 5.78 Å². The van der Waals surface area contributed by atoms with Crippen LogP contribution in [0.15, 0.2) is 48.5 Å². The lowest BCUT2D eigenvalue weighted by molar-refractivity contribution is 0.0854. The summed E-state index contributed by atoms with van der Waals surface area (Å²) in [5.74, 6) is 0.508. The van der Waals surface area contributed by atoms with Crippen molar-refractivity contribution in [3.05, 3.63) is 64.7 Å². The third-order valence-electron chi connectivity index (χ3n) is 4.69. The van der Waals surface area contributed by atoms with E-state index in [0.717, 1.165) is 44.7 Å². The third kappa shape index (κ3) is 5.05. The molecular formula is C20H23ClN2O2. The van der Waals surface area contributed by atoms with Gasteiger partial charge in [0.1, 0.15) is 5.75 Å². The summed E-state index contributed by atoms with van der Waals surface area (Å²) in [5.41, 5.74) is 1.70. The van der Waals surface area contributed by atoms with E-state index in [1.54, 1.807) is 30.3 Å². The van der Waals surface area contributed by atoms with Gasteiger partial charge in [-0.2, -0.15) is 0 Å². The Morgan fingerprint density at radius 1 is 0.960 bits per heavy atom. The minimum Gasteiger partial charge on any atom is -0.508 e. The molecule has 0 unspecified atom stereocenters. The van der Waals surface area contributed by atoms with E-state index in [1.165, 1.54) is 0 Å². The molecule has 0 atom stereocenters.